The van der Waals surface area contributed by atoms with E-state index < -0.39 is 5.97 Å². The highest BCUT2D eigenvalue weighted by Gasteiger charge is 2.05. The third kappa shape index (κ3) is 21.2. The van der Waals surface area contributed by atoms with Gasteiger partial charge in [0, 0.05) is 12.8 Å². The molecule has 3 nitrogen and oxygen atoms in total. The van der Waals surface area contributed by atoms with Crippen LogP contribution in [0.5, 0.6) is 0 Å². The Kier molecular flexibility index (Phi) is 19.8. The Morgan fingerprint density at radius 1 is 0.500 bits per heavy atom. The molecule has 0 radical (unpaired) electrons. The van der Waals surface area contributed by atoms with Crippen LogP contribution in [0.1, 0.15) is 135 Å². The van der Waals surface area contributed by atoms with Gasteiger partial charge in [0.15, 0.2) is 0 Å². The van der Waals surface area contributed by atoms with Gasteiger partial charge in [-0.25, -0.2) is 0 Å². The minimum Gasteiger partial charge on any atom is -0.481 e. The SMILES string of the molecule is CCCCCCCCCCCCCCCCCCCC(=O)CCC(=O)O. The van der Waals surface area contributed by atoms with Crippen LogP contribution < -0.4 is 0 Å². The minimum atomic E-state index is -0.874. The number of hydrogen-bond donors (Lipinski definition) is 1. The van der Waals surface area contributed by atoms with Crippen molar-refractivity contribution < 1.29 is 14.7 Å². The third-order valence-electron chi connectivity index (χ3n) is 5.18. The second-order valence-electron chi connectivity index (χ2n) is 7.84. The molecule has 0 aromatic carbocycles. The average molecular weight is 369 g/mol. The summed E-state index contributed by atoms with van der Waals surface area (Å²) in [5.41, 5.74) is 0. The van der Waals surface area contributed by atoms with Crippen LogP contribution in [0.3, 0.4) is 0 Å². The summed E-state index contributed by atoms with van der Waals surface area (Å²) in [7, 11) is 0. The van der Waals surface area contributed by atoms with Crippen LogP contribution in [0.25, 0.3) is 0 Å². The van der Waals surface area contributed by atoms with E-state index in [9.17, 15) is 9.59 Å². The molecule has 0 aliphatic carbocycles. The van der Waals surface area contributed by atoms with Crippen molar-refractivity contribution in [3.8, 4) is 0 Å². The Hall–Kier alpha value is -0.860. The Bertz CT molecular complexity index is 325. The molecule has 0 saturated heterocycles. The number of carbonyl (C=O) groups excluding carboxylic acids is 1. The molecule has 0 saturated carbocycles. The smallest absolute Gasteiger partial charge is 0.303 e. The topological polar surface area (TPSA) is 54.4 Å². The maximum Gasteiger partial charge on any atom is 0.303 e. The van der Waals surface area contributed by atoms with Crippen LogP contribution >= 0.6 is 0 Å². The molecule has 0 amide bonds. The summed E-state index contributed by atoms with van der Waals surface area (Å²) >= 11 is 0. The minimum absolute atomic E-state index is 0.0161. The lowest BCUT2D eigenvalue weighted by atomic mass is 10.0. The predicted molar refractivity (Wildman–Crippen MR) is 111 cm³/mol. The second-order valence-corrected chi connectivity index (χ2v) is 7.84. The number of unbranched alkanes of at least 4 members (excludes halogenated alkanes) is 16. The largest absolute Gasteiger partial charge is 0.481 e. The molecule has 0 bridgehead atoms. The molecule has 0 spiro atoms. The van der Waals surface area contributed by atoms with Gasteiger partial charge in [0.05, 0.1) is 6.42 Å². The number of ketones is 1. The van der Waals surface area contributed by atoms with E-state index in [1.54, 1.807) is 0 Å². The van der Waals surface area contributed by atoms with Crippen molar-refractivity contribution in [2.45, 2.75) is 135 Å². The van der Waals surface area contributed by atoms with Crippen molar-refractivity contribution in [2.24, 2.45) is 0 Å². The molecule has 0 heterocycles. The van der Waals surface area contributed by atoms with Gasteiger partial charge < -0.3 is 5.11 Å². The van der Waals surface area contributed by atoms with E-state index in [0.29, 0.717) is 6.42 Å². The van der Waals surface area contributed by atoms with Crippen molar-refractivity contribution in [1.82, 2.24) is 0 Å². The van der Waals surface area contributed by atoms with Gasteiger partial charge in [0.2, 0.25) is 0 Å². The molecule has 26 heavy (non-hydrogen) atoms. The quantitative estimate of drug-likeness (QED) is 0.214. The summed E-state index contributed by atoms with van der Waals surface area (Å²) in [4.78, 5) is 21.8. The Morgan fingerprint density at radius 3 is 1.19 bits per heavy atom. The van der Waals surface area contributed by atoms with Crippen molar-refractivity contribution >= 4 is 11.8 Å². The molecule has 0 aliphatic rings. The maximum absolute atomic E-state index is 11.4. The number of aliphatic carboxylic acids is 1. The lowest BCUT2D eigenvalue weighted by molar-refractivity contribution is -0.138. The van der Waals surface area contributed by atoms with Crippen molar-refractivity contribution in [1.29, 1.82) is 0 Å². The highest BCUT2D eigenvalue weighted by molar-refractivity contribution is 5.82. The summed E-state index contributed by atoms with van der Waals surface area (Å²) in [6.07, 6.45) is 23.5. The Balaban J connectivity index is 3.09. The van der Waals surface area contributed by atoms with Crippen LogP contribution in [0, 0.1) is 0 Å². The van der Waals surface area contributed by atoms with Crippen LogP contribution in [-0.4, -0.2) is 16.9 Å². The average Bonchev–Trinajstić information content (AvgIpc) is 2.62. The summed E-state index contributed by atoms with van der Waals surface area (Å²) < 4.78 is 0. The zero-order valence-electron chi connectivity index (χ0n) is 17.4. The molecule has 0 aromatic heterocycles. The van der Waals surface area contributed by atoms with Crippen LogP contribution in [0.2, 0.25) is 0 Å². The van der Waals surface area contributed by atoms with Gasteiger partial charge in [-0.1, -0.05) is 110 Å². The number of hydrogen-bond acceptors (Lipinski definition) is 2. The zero-order valence-corrected chi connectivity index (χ0v) is 17.4. The first kappa shape index (κ1) is 25.1. The van der Waals surface area contributed by atoms with Crippen LogP contribution in [0.15, 0.2) is 0 Å². The van der Waals surface area contributed by atoms with E-state index in [1.165, 1.54) is 96.3 Å². The highest BCUT2D eigenvalue weighted by atomic mass is 16.4. The summed E-state index contributed by atoms with van der Waals surface area (Å²) in [5, 5.41) is 8.53. The van der Waals surface area contributed by atoms with Crippen molar-refractivity contribution in [3.63, 3.8) is 0 Å². The number of carboxylic acid groups (broad SMARTS) is 1. The van der Waals surface area contributed by atoms with Gasteiger partial charge in [-0.2, -0.15) is 0 Å². The number of rotatable bonds is 21. The van der Waals surface area contributed by atoms with E-state index in [2.05, 4.69) is 6.92 Å². The van der Waals surface area contributed by atoms with Crippen LogP contribution in [0.4, 0.5) is 0 Å². The molecule has 1 N–H and O–H groups in total. The van der Waals surface area contributed by atoms with Crippen molar-refractivity contribution in [3.05, 3.63) is 0 Å². The fourth-order valence-electron chi connectivity index (χ4n) is 3.42. The van der Waals surface area contributed by atoms with Crippen LogP contribution in [-0.2, 0) is 9.59 Å². The normalized spacial score (nSPS) is 11.0. The first-order valence-electron chi connectivity index (χ1n) is 11.4. The fourth-order valence-corrected chi connectivity index (χ4v) is 3.42. The molecule has 0 atom stereocenters. The second kappa shape index (κ2) is 20.5. The lowest BCUT2D eigenvalue weighted by Gasteiger charge is -2.04. The standard InChI is InChI=1S/C23H44O3/c1-2-3-4-5-6-7-8-9-10-11-12-13-14-15-16-17-18-19-22(24)20-21-23(25)26/h2-21H2,1H3,(H,25,26). The Labute approximate surface area is 162 Å². The molecule has 0 fully saturated rings. The maximum atomic E-state index is 11.4. The first-order valence-corrected chi connectivity index (χ1v) is 11.4. The zero-order chi connectivity index (χ0) is 19.3. The summed E-state index contributed by atoms with van der Waals surface area (Å²) in [6.45, 7) is 2.27. The molecule has 3 heteroatoms. The monoisotopic (exact) mass is 368 g/mol. The van der Waals surface area contributed by atoms with Gasteiger partial charge in [-0.15, -0.1) is 0 Å². The molecule has 0 aromatic rings. The van der Waals surface area contributed by atoms with Gasteiger partial charge in [0.1, 0.15) is 5.78 Å². The Morgan fingerprint density at radius 2 is 0.846 bits per heavy atom. The fraction of sp³-hybridized carbons (Fsp3) is 0.913. The first-order chi connectivity index (χ1) is 12.7. The molecule has 154 valence electrons. The summed E-state index contributed by atoms with van der Waals surface area (Å²) in [6, 6.07) is 0. The number of carboxylic acids is 1. The van der Waals surface area contributed by atoms with Gasteiger partial charge in [-0.05, 0) is 6.42 Å². The molecular weight excluding hydrogens is 324 g/mol. The molecule has 0 rings (SSSR count). The number of carbonyl (C=O) groups is 2. The lowest BCUT2D eigenvalue weighted by Crippen LogP contribution is -2.02. The third-order valence-corrected chi connectivity index (χ3v) is 5.18. The van der Waals surface area contributed by atoms with E-state index in [4.69, 9.17) is 5.11 Å². The van der Waals surface area contributed by atoms with Gasteiger partial charge >= 0.3 is 5.97 Å². The van der Waals surface area contributed by atoms with Gasteiger partial charge in [0.25, 0.3) is 0 Å². The van der Waals surface area contributed by atoms with E-state index in [-0.39, 0.29) is 18.6 Å². The van der Waals surface area contributed by atoms with E-state index in [0.717, 1.165) is 12.8 Å². The van der Waals surface area contributed by atoms with E-state index in [1.807, 2.05) is 0 Å². The van der Waals surface area contributed by atoms with Gasteiger partial charge in [-0.3, -0.25) is 9.59 Å². The highest BCUT2D eigenvalue weighted by Crippen LogP contribution is 2.14. The summed E-state index contributed by atoms with van der Waals surface area (Å²) in [5.74, 6) is -0.769. The predicted octanol–water partition coefficient (Wildman–Crippen LogP) is 7.46. The molecule has 0 aliphatic heterocycles. The molecule has 0 unspecified atom stereocenters. The van der Waals surface area contributed by atoms with Crippen molar-refractivity contribution in [2.75, 3.05) is 0 Å². The number of Topliss-reactive ketones (excluding diaryl/α,β-unsaturated/α-hetero) is 1. The van der Waals surface area contributed by atoms with E-state index >= 15 is 0 Å². The molecular formula is C23H44O3.